The predicted molar refractivity (Wildman–Crippen MR) is 167 cm³/mol. The number of benzene rings is 1. The van der Waals surface area contributed by atoms with E-state index in [0.717, 1.165) is 22.3 Å². The fourth-order valence-corrected chi connectivity index (χ4v) is 5.19. The molecule has 0 bridgehead atoms. The number of nitrogens with one attached hydrogen (secondary N) is 2. The number of carbonyl (C=O) groups is 1. The standard InChI is InChI=1S/C31H35N9O4/c1-6-14-39-28(41)23-18-32-29(33-20-10-11-24-22(17-20)19(2)36-37-24)35-27(23)40(39)25-8-7-9-26(34-25)43-21-12-15-38(16-13-21)30(42)44-31(3,4)5/h6-11,17-18,21H,1,12-16H2,2-5H3,(H,36,37)(H,32,33,35). The van der Waals surface area contributed by atoms with E-state index >= 15 is 0 Å². The van der Waals surface area contributed by atoms with Crippen LogP contribution < -0.4 is 15.6 Å². The SMILES string of the molecule is C=CCn1c(=O)c2cnc(Nc3ccc4n[nH]c(C)c4c3)nc2n1-c1cccc(OC2CCN(C(=O)OC(C)(C)C)CC2)n1. The van der Waals surface area contributed by atoms with E-state index < -0.39 is 5.60 Å². The van der Waals surface area contributed by atoms with E-state index in [1.807, 2.05) is 52.0 Å². The fourth-order valence-electron chi connectivity index (χ4n) is 5.19. The molecule has 1 aliphatic rings. The van der Waals surface area contributed by atoms with Crippen LogP contribution in [-0.4, -0.2) is 70.3 Å². The highest BCUT2D eigenvalue weighted by Crippen LogP contribution is 2.25. The topological polar surface area (TPSA) is 145 Å². The first-order valence-electron chi connectivity index (χ1n) is 14.5. The van der Waals surface area contributed by atoms with Gasteiger partial charge < -0.3 is 19.7 Å². The Morgan fingerprint density at radius 3 is 2.70 bits per heavy atom. The zero-order valence-electron chi connectivity index (χ0n) is 25.2. The normalized spacial score (nSPS) is 14.2. The lowest BCUT2D eigenvalue weighted by atomic mass is 10.1. The number of aryl methyl sites for hydroxylation is 1. The Labute approximate surface area is 253 Å². The number of hydrogen-bond acceptors (Lipinski definition) is 9. The molecule has 44 heavy (non-hydrogen) atoms. The summed E-state index contributed by atoms with van der Waals surface area (Å²) in [6.45, 7) is 12.6. The Morgan fingerprint density at radius 1 is 1.16 bits per heavy atom. The second-order valence-corrected chi connectivity index (χ2v) is 11.7. The zero-order chi connectivity index (χ0) is 31.0. The number of aromatic amines is 1. The van der Waals surface area contributed by atoms with Gasteiger partial charge in [-0.25, -0.2) is 19.1 Å². The number of nitrogens with zero attached hydrogens (tertiary/aromatic N) is 7. The van der Waals surface area contributed by atoms with Crippen molar-refractivity contribution in [2.75, 3.05) is 18.4 Å². The number of rotatable bonds is 7. The van der Waals surface area contributed by atoms with Crippen LogP contribution in [-0.2, 0) is 11.3 Å². The van der Waals surface area contributed by atoms with E-state index in [1.165, 1.54) is 10.9 Å². The summed E-state index contributed by atoms with van der Waals surface area (Å²) in [5.41, 5.74) is 2.19. The minimum Gasteiger partial charge on any atom is -0.474 e. The summed E-state index contributed by atoms with van der Waals surface area (Å²) in [6.07, 6.45) is 4.01. The van der Waals surface area contributed by atoms with E-state index in [1.54, 1.807) is 27.8 Å². The van der Waals surface area contributed by atoms with Gasteiger partial charge in [-0.05, 0) is 52.0 Å². The lowest BCUT2D eigenvalue weighted by Gasteiger charge is -2.33. The van der Waals surface area contributed by atoms with Crippen LogP contribution in [0.5, 0.6) is 5.88 Å². The first-order chi connectivity index (χ1) is 21.1. The molecule has 0 atom stereocenters. The number of aromatic nitrogens is 7. The number of allylic oxidation sites excluding steroid dienone is 1. The van der Waals surface area contributed by atoms with Gasteiger partial charge in [-0.2, -0.15) is 15.1 Å². The van der Waals surface area contributed by atoms with Crippen molar-refractivity contribution in [3.63, 3.8) is 0 Å². The van der Waals surface area contributed by atoms with E-state index in [9.17, 15) is 9.59 Å². The molecular formula is C31H35N9O4. The van der Waals surface area contributed by atoms with E-state index in [0.29, 0.717) is 54.6 Å². The molecule has 5 heterocycles. The number of anilines is 2. The van der Waals surface area contributed by atoms with Crippen LogP contribution in [0, 0.1) is 6.92 Å². The number of hydrogen-bond donors (Lipinski definition) is 2. The Morgan fingerprint density at radius 2 is 1.95 bits per heavy atom. The average molecular weight is 598 g/mol. The molecule has 1 aromatic carbocycles. The molecule has 4 aromatic heterocycles. The van der Waals surface area contributed by atoms with Crippen molar-refractivity contribution < 1.29 is 14.3 Å². The van der Waals surface area contributed by atoms with Gasteiger partial charge in [0.15, 0.2) is 11.5 Å². The Kier molecular flexibility index (Phi) is 7.53. The highest BCUT2D eigenvalue weighted by molar-refractivity contribution is 5.85. The summed E-state index contributed by atoms with van der Waals surface area (Å²) in [7, 11) is 0. The van der Waals surface area contributed by atoms with Gasteiger partial charge in [-0.3, -0.25) is 9.89 Å². The van der Waals surface area contributed by atoms with Crippen LogP contribution in [0.3, 0.4) is 0 Å². The third-order valence-corrected chi connectivity index (χ3v) is 7.29. The Bertz CT molecular complexity index is 1910. The number of amides is 1. The van der Waals surface area contributed by atoms with Gasteiger partial charge in [0, 0.05) is 55.0 Å². The second-order valence-electron chi connectivity index (χ2n) is 11.7. The molecule has 5 aromatic rings. The third kappa shape index (κ3) is 5.85. The van der Waals surface area contributed by atoms with E-state index in [4.69, 9.17) is 19.4 Å². The van der Waals surface area contributed by atoms with Crippen molar-refractivity contribution >= 4 is 39.7 Å². The monoisotopic (exact) mass is 597 g/mol. The number of fused-ring (bicyclic) bond motifs is 2. The van der Waals surface area contributed by atoms with Gasteiger partial charge in [0.25, 0.3) is 5.56 Å². The maximum atomic E-state index is 13.4. The lowest BCUT2D eigenvalue weighted by Crippen LogP contribution is -2.44. The van der Waals surface area contributed by atoms with Crippen molar-refractivity contribution in [3.05, 3.63) is 71.3 Å². The quantitative estimate of drug-likeness (QED) is 0.251. The summed E-state index contributed by atoms with van der Waals surface area (Å²) in [5.74, 6) is 1.20. The summed E-state index contributed by atoms with van der Waals surface area (Å²) < 4.78 is 14.9. The number of likely N-dealkylation sites (tertiary alicyclic amines) is 1. The Hall–Kier alpha value is -5.20. The maximum absolute atomic E-state index is 13.4. The van der Waals surface area contributed by atoms with Crippen LogP contribution >= 0.6 is 0 Å². The number of piperidine rings is 1. The van der Waals surface area contributed by atoms with Crippen molar-refractivity contribution in [1.82, 2.24) is 39.4 Å². The summed E-state index contributed by atoms with van der Waals surface area (Å²) >= 11 is 0. The molecule has 1 amide bonds. The van der Waals surface area contributed by atoms with Gasteiger partial charge in [0.2, 0.25) is 11.8 Å². The van der Waals surface area contributed by atoms with Crippen molar-refractivity contribution in [1.29, 1.82) is 0 Å². The highest BCUT2D eigenvalue weighted by atomic mass is 16.6. The Balaban J connectivity index is 1.26. The zero-order valence-corrected chi connectivity index (χ0v) is 25.2. The molecule has 0 saturated carbocycles. The molecule has 2 N–H and O–H groups in total. The molecule has 0 spiro atoms. The first kappa shape index (κ1) is 28.9. The van der Waals surface area contributed by atoms with Crippen molar-refractivity contribution in [2.24, 2.45) is 0 Å². The minimum absolute atomic E-state index is 0.123. The van der Waals surface area contributed by atoms with Crippen molar-refractivity contribution in [3.8, 4) is 11.7 Å². The van der Waals surface area contributed by atoms with Crippen LogP contribution in [0.2, 0.25) is 0 Å². The highest BCUT2D eigenvalue weighted by Gasteiger charge is 2.28. The number of carbonyl (C=O) groups excluding carboxylic acids is 1. The molecule has 13 heteroatoms. The maximum Gasteiger partial charge on any atom is 0.410 e. The number of ether oxygens (including phenoxy) is 2. The summed E-state index contributed by atoms with van der Waals surface area (Å²) in [6, 6.07) is 11.2. The molecular weight excluding hydrogens is 562 g/mol. The molecule has 1 aliphatic heterocycles. The molecule has 13 nitrogen and oxygen atoms in total. The van der Waals surface area contributed by atoms with Gasteiger partial charge >= 0.3 is 6.09 Å². The summed E-state index contributed by atoms with van der Waals surface area (Å²) in [5, 5.41) is 11.8. The average Bonchev–Trinajstić information content (AvgIpc) is 3.49. The van der Waals surface area contributed by atoms with Crippen LogP contribution in [0.1, 0.15) is 39.3 Å². The van der Waals surface area contributed by atoms with E-state index in [-0.39, 0.29) is 24.3 Å². The van der Waals surface area contributed by atoms with Crippen LogP contribution in [0.25, 0.3) is 27.8 Å². The molecule has 0 aliphatic carbocycles. The number of pyridine rings is 1. The lowest BCUT2D eigenvalue weighted by molar-refractivity contribution is 0.0123. The van der Waals surface area contributed by atoms with Gasteiger partial charge in [-0.15, -0.1) is 6.58 Å². The smallest absolute Gasteiger partial charge is 0.410 e. The molecule has 0 radical (unpaired) electrons. The van der Waals surface area contributed by atoms with Crippen LogP contribution in [0.15, 0.2) is 60.0 Å². The first-order valence-corrected chi connectivity index (χ1v) is 14.5. The molecule has 0 unspecified atom stereocenters. The predicted octanol–water partition coefficient (Wildman–Crippen LogP) is 4.87. The van der Waals surface area contributed by atoms with Gasteiger partial charge in [0.05, 0.1) is 12.1 Å². The van der Waals surface area contributed by atoms with E-state index in [2.05, 4.69) is 27.1 Å². The molecule has 1 saturated heterocycles. The largest absolute Gasteiger partial charge is 0.474 e. The van der Waals surface area contributed by atoms with Crippen LogP contribution in [0.4, 0.5) is 16.4 Å². The third-order valence-electron chi connectivity index (χ3n) is 7.29. The molecule has 1 fully saturated rings. The van der Waals surface area contributed by atoms with Gasteiger partial charge in [-0.1, -0.05) is 12.1 Å². The second kappa shape index (κ2) is 11.5. The molecule has 228 valence electrons. The minimum atomic E-state index is -0.542. The number of H-pyrrole nitrogens is 1. The summed E-state index contributed by atoms with van der Waals surface area (Å²) in [4.78, 5) is 41.4. The van der Waals surface area contributed by atoms with Crippen molar-refractivity contribution in [2.45, 2.75) is 58.8 Å². The molecule has 6 rings (SSSR count). The fraction of sp³-hybridized carbons (Fsp3) is 0.355. The van der Waals surface area contributed by atoms with Gasteiger partial charge in [0.1, 0.15) is 17.1 Å².